The Hall–Kier alpha value is -1.80. The first-order chi connectivity index (χ1) is 10.4. The highest BCUT2D eigenvalue weighted by molar-refractivity contribution is 6.07. The van der Waals surface area contributed by atoms with Gasteiger partial charge in [-0.2, -0.15) is 0 Å². The van der Waals surface area contributed by atoms with E-state index in [0.29, 0.717) is 0 Å². The van der Waals surface area contributed by atoms with Crippen molar-refractivity contribution in [3.8, 4) is 0 Å². The molecule has 0 fully saturated rings. The van der Waals surface area contributed by atoms with Crippen LogP contribution >= 0.6 is 12.4 Å². The number of aromatic nitrogens is 1. The molecule has 0 atom stereocenters. The number of hydrogen-bond donors (Lipinski definition) is 1. The number of benzene rings is 2. The van der Waals surface area contributed by atoms with Crippen molar-refractivity contribution in [3.05, 3.63) is 48.5 Å². The van der Waals surface area contributed by atoms with Crippen molar-refractivity contribution in [1.82, 2.24) is 4.98 Å². The van der Waals surface area contributed by atoms with E-state index in [2.05, 4.69) is 60.8 Å². The number of unbranched alkanes of at least 4 members (excludes halogenated alkanes) is 3. The van der Waals surface area contributed by atoms with Gasteiger partial charge in [0.15, 0.2) is 0 Å². The van der Waals surface area contributed by atoms with Crippen LogP contribution in [0.1, 0.15) is 32.6 Å². The van der Waals surface area contributed by atoms with Crippen LogP contribution in [0.3, 0.4) is 0 Å². The first-order valence-corrected chi connectivity index (χ1v) is 7.91. The molecule has 2 nitrogen and oxygen atoms in total. The van der Waals surface area contributed by atoms with Gasteiger partial charge in [-0.3, -0.25) is 0 Å². The van der Waals surface area contributed by atoms with Gasteiger partial charge in [0.1, 0.15) is 0 Å². The van der Waals surface area contributed by atoms with Crippen LogP contribution < -0.4 is 5.32 Å². The monoisotopic (exact) mass is 314 g/mol. The molecule has 0 saturated carbocycles. The second-order valence-corrected chi connectivity index (χ2v) is 5.51. The highest BCUT2D eigenvalue weighted by Crippen LogP contribution is 2.30. The van der Waals surface area contributed by atoms with Gasteiger partial charge < -0.3 is 5.32 Å². The molecule has 0 radical (unpaired) electrons. The molecule has 0 aliphatic rings. The van der Waals surface area contributed by atoms with Gasteiger partial charge in [0.25, 0.3) is 0 Å². The van der Waals surface area contributed by atoms with E-state index in [4.69, 9.17) is 4.98 Å². The molecule has 0 amide bonds. The quantitative estimate of drug-likeness (QED) is 0.459. The molecule has 0 bridgehead atoms. The Labute approximate surface area is 138 Å². The third-order valence-corrected chi connectivity index (χ3v) is 3.92. The van der Waals surface area contributed by atoms with Crippen molar-refractivity contribution >= 4 is 39.9 Å². The number of nitrogens with one attached hydrogen (secondary N) is 1. The fourth-order valence-electron chi connectivity index (χ4n) is 2.80. The summed E-state index contributed by atoms with van der Waals surface area (Å²) in [5.74, 6) is 0. The first kappa shape index (κ1) is 16.6. The molecule has 3 rings (SSSR count). The Kier molecular flexibility index (Phi) is 6.02. The highest BCUT2D eigenvalue weighted by atomic mass is 35.5. The van der Waals surface area contributed by atoms with Crippen LogP contribution in [0.4, 0.5) is 5.69 Å². The third-order valence-electron chi connectivity index (χ3n) is 3.92. The third kappa shape index (κ3) is 3.50. The van der Waals surface area contributed by atoms with Gasteiger partial charge in [-0.25, -0.2) is 4.98 Å². The van der Waals surface area contributed by atoms with Gasteiger partial charge in [-0.05, 0) is 18.6 Å². The maximum Gasteiger partial charge on any atom is 0.0730 e. The molecule has 22 heavy (non-hydrogen) atoms. The molecular formula is C19H23ClN2. The normalized spacial score (nSPS) is 10.6. The Bertz CT molecular complexity index is 686. The van der Waals surface area contributed by atoms with Crippen LogP contribution in [0.15, 0.2) is 48.5 Å². The molecule has 0 saturated heterocycles. The number of rotatable bonds is 6. The lowest BCUT2D eigenvalue weighted by Crippen LogP contribution is -2.03. The molecule has 3 aromatic rings. The predicted octanol–water partition coefficient (Wildman–Crippen LogP) is 5.80. The second-order valence-electron chi connectivity index (χ2n) is 5.51. The van der Waals surface area contributed by atoms with Crippen molar-refractivity contribution in [3.63, 3.8) is 0 Å². The molecule has 3 heteroatoms. The largest absolute Gasteiger partial charge is 0.384 e. The topological polar surface area (TPSA) is 24.9 Å². The molecular weight excluding hydrogens is 292 g/mol. The maximum absolute atomic E-state index is 4.76. The zero-order valence-electron chi connectivity index (χ0n) is 13.0. The summed E-state index contributed by atoms with van der Waals surface area (Å²) in [5, 5.41) is 6.08. The predicted molar refractivity (Wildman–Crippen MR) is 99.1 cm³/mol. The zero-order chi connectivity index (χ0) is 14.5. The first-order valence-electron chi connectivity index (χ1n) is 7.91. The molecule has 2 aromatic carbocycles. The lowest BCUT2D eigenvalue weighted by molar-refractivity contribution is 0.685. The van der Waals surface area contributed by atoms with Crippen LogP contribution in [0, 0.1) is 0 Å². The van der Waals surface area contributed by atoms with Gasteiger partial charge in [0.05, 0.1) is 16.7 Å². The van der Waals surface area contributed by atoms with E-state index >= 15 is 0 Å². The lowest BCUT2D eigenvalue weighted by Gasteiger charge is -2.13. The van der Waals surface area contributed by atoms with Crippen LogP contribution in [0.5, 0.6) is 0 Å². The molecule has 0 unspecified atom stereocenters. The summed E-state index contributed by atoms with van der Waals surface area (Å²) in [7, 11) is 0. The van der Waals surface area contributed by atoms with Gasteiger partial charge in [-0.15, -0.1) is 12.4 Å². The summed E-state index contributed by atoms with van der Waals surface area (Å²) in [6.07, 6.45) is 5.11. The number of pyridine rings is 1. The maximum atomic E-state index is 4.76. The number of anilines is 1. The summed E-state index contributed by atoms with van der Waals surface area (Å²) >= 11 is 0. The van der Waals surface area contributed by atoms with E-state index in [-0.39, 0.29) is 12.4 Å². The van der Waals surface area contributed by atoms with Crippen molar-refractivity contribution < 1.29 is 0 Å². The Morgan fingerprint density at radius 1 is 0.818 bits per heavy atom. The number of nitrogens with zero attached hydrogens (tertiary/aromatic N) is 1. The van der Waals surface area contributed by atoms with Crippen molar-refractivity contribution in [2.75, 3.05) is 11.9 Å². The zero-order valence-corrected chi connectivity index (χ0v) is 13.8. The Balaban J connectivity index is 0.00000176. The van der Waals surface area contributed by atoms with E-state index in [0.717, 1.165) is 17.6 Å². The molecule has 1 heterocycles. The van der Waals surface area contributed by atoms with Crippen LogP contribution in [-0.4, -0.2) is 11.5 Å². The highest BCUT2D eigenvalue weighted by Gasteiger charge is 2.07. The lowest BCUT2D eigenvalue weighted by atomic mass is 10.1. The summed E-state index contributed by atoms with van der Waals surface area (Å²) in [6, 6.07) is 16.8. The van der Waals surface area contributed by atoms with Crippen molar-refractivity contribution in [2.24, 2.45) is 0 Å². The summed E-state index contributed by atoms with van der Waals surface area (Å²) in [6.45, 7) is 3.27. The fraction of sp³-hybridized carbons (Fsp3) is 0.316. The van der Waals surface area contributed by atoms with E-state index in [1.807, 2.05) is 0 Å². The van der Waals surface area contributed by atoms with Gasteiger partial charge in [0, 0.05) is 17.3 Å². The van der Waals surface area contributed by atoms with Gasteiger partial charge in [0.2, 0.25) is 0 Å². The molecule has 1 aromatic heterocycles. The number of hydrogen-bond acceptors (Lipinski definition) is 2. The average molecular weight is 315 g/mol. The van der Waals surface area contributed by atoms with Crippen LogP contribution in [0.2, 0.25) is 0 Å². The minimum atomic E-state index is 0. The molecule has 0 aliphatic carbocycles. The van der Waals surface area contributed by atoms with Crippen LogP contribution in [-0.2, 0) is 0 Å². The van der Waals surface area contributed by atoms with Gasteiger partial charge in [-0.1, -0.05) is 62.6 Å². The summed E-state index contributed by atoms with van der Waals surface area (Å²) < 4.78 is 0. The number of halogens is 1. The fourth-order valence-corrected chi connectivity index (χ4v) is 2.80. The minimum absolute atomic E-state index is 0. The number of para-hydroxylation sites is 2. The van der Waals surface area contributed by atoms with E-state index < -0.39 is 0 Å². The van der Waals surface area contributed by atoms with E-state index in [9.17, 15) is 0 Å². The number of fused-ring (bicyclic) bond motifs is 2. The molecule has 0 aliphatic heterocycles. The second kappa shape index (κ2) is 8.00. The Morgan fingerprint density at radius 3 is 2.00 bits per heavy atom. The summed E-state index contributed by atoms with van der Waals surface area (Å²) in [4.78, 5) is 4.76. The standard InChI is InChI=1S/C19H22N2.ClH/c1-2-3-4-9-14-20-19-15-10-5-7-12-17(15)21-18-13-8-6-11-16(18)19;/h5-8,10-13H,2-4,9,14H2,1H3,(H,20,21);1H. The molecule has 116 valence electrons. The SMILES string of the molecule is CCCCCCNc1c2ccccc2nc2ccccc12.Cl. The molecule has 0 spiro atoms. The Morgan fingerprint density at radius 2 is 1.41 bits per heavy atom. The average Bonchev–Trinajstić information content (AvgIpc) is 2.53. The van der Waals surface area contributed by atoms with Crippen molar-refractivity contribution in [1.29, 1.82) is 0 Å². The smallest absolute Gasteiger partial charge is 0.0730 e. The van der Waals surface area contributed by atoms with E-state index in [1.54, 1.807) is 0 Å². The minimum Gasteiger partial charge on any atom is -0.384 e. The van der Waals surface area contributed by atoms with Gasteiger partial charge >= 0.3 is 0 Å². The van der Waals surface area contributed by atoms with E-state index in [1.165, 1.54) is 42.1 Å². The molecule has 1 N–H and O–H groups in total. The van der Waals surface area contributed by atoms with Crippen molar-refractivity contribution in [2.45, 2.75) is 32.6 Å². The van der Waals surface area contributed by atoms with Crippen LogP contribution in [0.25, 0.3) is 21.8 Å². The summed E-state index contributed by atoms with van der Waals surface area (Å²) in [5.41, 5.74) is 3.35.